The maximum absolute atomic E-state index is 12.7. The van der Waals surface area contributed by atoms with E-state index in [1.54, 1.807) is 30.3 Å². The van der Waals surface area contributed by atoms with E-state index < -0.39 is 22.1 Å². The minimum atomic E-state index is -4.96. The number of methoxy groups -OCH3 is 1. The molecule has 2 aromatic rings. The van der Waals surface area contributed by atoms with Crippen LogP contribution in [0, 0.1) is 0 Å². The van der Waals surface area contributed by atoms with Crippen molar-refractivity contribution in [1.82, 2.24) is 9.62 Å². The first-order valence-electron chi connectivity index (χ1n) is 8.71. The highest BCUT2D eigenvalue weighted by Gasteiger charge is 2.43. The number of ether oxygens (including phenoxy) is 1. The number of benzene rings is 2. The minimum Gasteiger partial charge on any atom is -0.496 e. The third kappa shape index (κ3) is 4.70. The second-order valence-electron chi connectivity index (χ2n) is 6.54. The van der Waals surface area contributed by atoms with E-state index in [-0.39, 0.29) is 31.0 Å². The Morgan fingerprint density at radius 1 is 1.17 bits per heavy atom. The van der Waals surface area contributed by atoms with E-state index >= 15 is 0 Å². The van der Waals surface area contributed by atoms with Gasteiger partial charge in [0.05, 0.1) is 12.0 Å². The molecule has 29 heavy (non-hydrogen) atoms. The van der Waals surface area contributed by atoms with Gasteiger partial charge >= 0.3 is 12.1 Å². The van der Waals surface area contributed by atoms with E-state index in [0.29, 0.717) is 21.8 Å². The number of hydrogen-bond donors (Lipinski definition) is 1. The maximum Gasteiger partial charge on any atom is 0.471 e. The van der Waals surface area contributed by atoms with Crippen molar-refractivity contribution in [3.63, 3.8) is 0 Å². The number of halogens is 3. The Morgan fingerprint density at radius 3 is 2.59 bits per heavy atom. The molecule has 0 fully saturated rings. The molecule has 0 bridgehead atoms. The molecule has 6 nitrogen and oxygen atoms in total. The second-order valence-corrected chi connectivity index (χ2v) is 8.31. The van der Waals surface area contributed by atoms with Crippen molar-refractivity contribution in [2.45, 2.75) is 30.6 Å². The molecule has 156 valence electrons. The number of nitrogens with zero attached hydrogens (tertiary/aromatic N) is 1. The van der Waals surface area contributed by atoms with Gasteiger partial charge in [-0.2, -0.15) is 13.2 Å². The van der Waals surface area contributed by atoms with Gasteiger partial charge in [0.15, 0.2) is 0 Å². The lowest BCUT2D eigenvalue weighted by Crippen LogP contribution is -2.43. The number of hydrogen-bond acceptors (Lipinski definition) is 4. The fourth-order valence-electron chi connectivity index (χ4n) is 3.16. The molecule has 0 aromatic heterocycles. The third-order valence-electron chi connectivity index (χ3n) is 4.68. The van der Waals surface area contributed by atoms with Crippen molar-refractivity contribution in [3.8, 4) is 5.75 Å². The number of rotatable bonds is 5. The number of alkyl halides is 3. The topological polar surface area (TPSA) is 75.7 Å². The molecule has 1 heterocycles. The van der Waals surface area contributed by atoms with Gasteiger partial charge in [-0.15, -0.1) is 0 Å². The van der Waals surface area contributed by atoms with E-state index in [4.69, 9.17) is 4.74 Å². The molecule has 3 rings (SSSR count). The van der Waals surface area contributed by atoms with Crippen LogP contribution in [0.15, 0.2) is 47.4 Å². The Labute approximate surface area is 166 Å². The zero-order chi connectivity index (χ0) is 21.2. The Kier molecular flexibility index (Phi) is 5.85. The van der Waals surface area contributed by atoms with Crippen LogP contribution in [-0.4, -0.2) is 39.1 Å². The Hall–Kier alpha value is -2.59. The monoisotopic (exact) mass is 428 g/mol. The highest BCUT2D eigenvalue weighted by atomic mass is 32.2. The maximum atomic E-state index is 12.7. The summed E-state index contributed by atoms with van der Waals surface area (Å²) in [6, 6.07) is 11.2. The molecule has 1 N–H and O–H groups in total. The lowest BCUT2D eigenvalue weighted by atomic mass is 10.00. The molecule has 0 aliphatic carbocycles. The fourth-order valence-corrected chi connectivity index (χ4v) is 4.22. The molecule has 2 aromatic carbocycles. The highest BCUT2D eigenvalue weighted by molar-refractivity contribution is 7.89. The van der Waals surface area contributed by atoms with Crippen LogP contribution in [0.4, 0.5) is 13.2 Å². The number of fused-ring (bicyclic) bond motifs is 1. The lowest BCUT2D eigenvalue weighted by Gasteiger charge is -2.29. The molecular formula is C19H19F3N2O4S. The molecule has 0 saturated heterocycles. The average molecular weight is 428 g/mol. The van der Waals surface area contributed by atoms with Gasteiger partial charge in [-0.3, -0.25) is 4.79 Å². The van der Waals surface area contributed by atoms with Gasteiger partial charge in [-0.1, -0.05) is 24.3 Å². The molecule has 10 heteroatoms. The molecule has 1 amide bonds. The summed E-state index contributed by atoms with van der Waals surface area (Å²) in [6.45, 7) is -0.366. The van der Waals surface area contributed by atoms with Crippen molar-refractivity contribution in [2.24, 2.45) is 0 Å². The van der Waals surface area contributed by atoms with E-state index in [0.717, 1.165) is 5.56 Å². The van der Waals surface area contributed by atoms with Gasteiger partial charge in [-0.05, 0) is 35.7 Å². The number of para-hydroxylation sites is 1. The molecule has 1 aliphatic heterocycles. The van der Waals surface area contributed by atoms with Crippen molar-refractivity contribution in [3.05, 3.63) is 59.2 Å². The quantitative estimate of drug-likeness (QED) is 0.795. The van der Waals surface area contributed by atoms with Gasteiger partial charge in [0.25, 0.3) is 0 Å². The molecule has 0 spiro atoms. The zero-order valence-corrected chi connectivity index (χ0v) is 16.3. The lowest BCUT2D eigenvalue weighted by molar-refractivity contribution is -0.186. The summed E-state index contributed by atoms with van der Waals surface area (Å²) in [5.74, 6) is -1.40. The average Bonchev–Trinajstić information content (AvgIpc) is 2.70. The van der Waals surface area contributed by atoms with Gasteiger partial charge in [0, 0.05) is 25.2 Å². The van der Waals surface area contributed by atoms with E-state index in [1.807, 2.05) is 0 Å². The van der Waals surface area contributed by atoms with Crippen LogP contribution >= 0.6 is 0 Å². The fraction of sp³-hybridized carbons (Fsp3) is 0.316. The summed E-state index contributed by atoms with van der Waals surface area (Å²) in [4.78, 5) is 12.1. The first-order valence-corrected chi connectivity index (χ1v) is 10.2. The Bertz CT molecular complexity index is 1020. The number of sulfonamides is 1. The predicted octanol–water partition coefficient (Wildman–Crippen LogP) is 2.62. The molecule has 0 unspecified atom stereocenters. The first kappa shape index (κ1) is 21.1. The van der Waals surface area contributed by atoms with Gasteiger partial charge in [-0.25, -0.2) is 13.1 Å². The minimum absolute atomic E-state index is 0.0118. The number of carbonyl (C=O) groups excluding carboxylic acids is 1. The number of nitrogens with one attached hydrogen (secondary N) is 1. The van der Waals surface area contributed by atoms with Crippen LogP contribution in [-0.2, 0) is 34.3 Å². The van der Waals surface area contributed by atoms with E-state index in [1.165, 1.54) is 19.2 Å². The second kappa shape index (κ2) is 8.03. The van der Waals surface area contributed by atoms with E-state index in [2.05, 4.69) is 4.72 Å². The van der Waals surface area contributed by atoms with Crippen molar-refractivity contribution in [2.75, 3.05) is 13.7 Å². The Balaban J connectivity index is 1.79. The van der Waals surface area contributed by atoms with E-state index in [9.17, 15) is 26.4 Å². The molecule has 1 aliphatic rings. The van der Waals surface area contributed by atoms with Crippen molar-refractivity contribution < 1.29 is 31.1 Å². The van der Waals surface area contributed by atoms with Crippen LogP contribution in [0.5, 0.6) is 5.75 Å². The van der Waals surface area contributed by atoms with Crippen molar-refractivity contribution in [1.29, 1.82) is 0 Å². The van der Waals surface area contributed by atoms with Gasteiger partial charge < -0.3 is 9.64 Å². The third-order valence-corrected chi connectivity index (χ3v) is 6.07. The van der Waals surface area contributed by atoms with Crippen LogP contribution in [0.2, 0.25) is 0 Å². The predicted molar refractivity (Wildman–Crippen MR) is 98.6 cm³/mol. The Morgan fingerprint density at radius 2 is 1.90 bits per heavy atom. The molecule has 0 radical (unpaired) electrons. The molecule has 0 atom stereocenters. The smallest absolute Gasteiger partial charge is 0.471 e. The number of amides is 1. The van der Waals surface area contributed by atoms with Crippen LogP contribution in [0.3, 0.4) is 0 Å². The van der Waals surface area contributed by atoms with Crippen LogP contribution in [0.25, 0.3) is 0 Å². The SMILES string of the molecule is COc1ccccc1CNS(=O)(=O)c1ccc2c(c1)CN(C(=O)C(F)(F)F)CC2. The molecular weight excluding hydrogens is 409 g/mol. The zero-order valence-electron chi connectivity index (χ0n) is 15.5. The first-order chi connectivity index (χ1) is 13.6. The van der Waals surface area contributed by atoms with Crippen LogP contribution < -0.4 is 9.46 Å². The van der Waals surface area contributed by atoms with Crippen LogP contribution in [0.1, 0.15) is 16.7 Å². The standard InChI is InChI=1S/C19H19F3N2O4S/c1-28-17-5-3-2-4-14(17)11-23-29(26,27)16-7-6-13-8-9-24(12-15(13)10-16)18(25)19(20,21)22/h2-7,10,23H,8-9,11-12H2,1H3. The van der Waals surface area contributed by atoms with Gasteiger partial charge in [0.2, 0.25) is 10.0 Å². The molecule has 0 saturated carbocycles. The summed E-state index contributed by atoms with van der Waals surface area (Å²) < 4.78 is 71.0. The van der Waals surface area contributed by atoms with Crippen molar-refractivity contribution >= 4 is 15.9 Å². The summed E-state index contributed by atoms with van der Waals surface area (Å²) in [7, 11) is -2.44. The normalized spacial score (nSPS) is 14.4. The summed E-state index contributed by atoms with van der Waals surface area (Å²) >= 11 is 0. The summed E-state index contributed by atoms with van der Waals surface area (Å²) in [5, 5.41) is 0. The summed E-state index contributed by atoms with van der Waals surface area (Å²) in [6.07, 6.45) is -4.73. The summed E-state index contributed by atoms with van der Waals surface area (Å²) in [5.41, 5.74) is 1.74. The van der Waals surface area contributed by atoms with Gasteiger partial charge in [0.1, 0.15) is 5.75 Å². The highest BCUT2D eigenvalue weighted by Crippen LogP contribution is 2.27. The number of carbonyl (C=O) groups is 1. The largest absolute Gasteiger partial charge is 0.496 e.